The lowest BCUT2D eigenvalue weighted by atomic mass is 9.94. The minimum atomic E-state index is -1.08. The molecule has 0 aliphatic carbocycles. The van der Waals surface area contributed by atoms with E-state index in [1.54, 1.807) is 54.6 Å². The quantitative estimate of drug-likeness (QED) is 0.258. The third kappa shape index (κ3) is 3.49. The average Bonchev–Trinajstić information content (AvgIpc) is 3.20. The van der Waals surface area contributed by atoms with Crippen molar-refractivity contribution in [3.8, 4) is 11.1 Å². The number of carbonyl (C=O) groups is 2. The Hall–Kier alpha value is -4.46. The largest absolute Gasteiger partial charge is 0.478 e. The SMILES string of the molecule is N=C(N)c1ccc(NC(=O)c2cc3[nH]cnc3cc2-c2ccccc2C(=O)O)cc1. The maximum Gasteiger partial charge on any atom is 0.336 e. The number of hydrogen-bond donors (Lipinski definition) is 5. The van der Waals surface area contributed by atoms with Crippen LogP contribution in [0.4, 0.5) is 5.69 Å². The number of aromatic carboxylic acids is 1. The number of aromatic nitrogens is 2. The van der Waals surface area contributed by atoms with Crippen molar-refractivity contribution in [2.75, 3.05) is 5.32 Å². The predicted molar refractivity (Wildman–Crippen MR) is 114 cm³/mol. The number of nitrogens with zero attached hydrogens (tertiary/aromatic N) is 1. The van der Waals surface area contributed by atoms with E-state index in [2.05, 4.69) is 15.3 Å². The number of carbonyl (C=O) groups excluding carboxylic acids is 1. The Balaban J connectivity index is 1.80. The highest BCUT2D eigenvalue weighted by Crippen LogP contribution is 2.31. The van der Waals surface area contributed by atoms with Crippen LogP contribution in [-0.4, -0.2) is 32.8 Å². The molecule has 8 heteroatoms. The predicted octanol–water partition coefficient (Wildman–Crippen LogP) is 3.46. The number of hydrogen-bond acceptors (Lipinski definition) is 4. The van der Waals surface area contributed by atoms with E-state index in [4.69, 9.17) is 11.1 Å². The first-order chi connectivity index (χ1) is 14.4. The molecule has 8 nitrogen and oxygen atoms in total. The lowest BCUT2D eigenvalue weighted by molar-refractivity contribution is 0.0697. The molecule has 0 fully saturated rings. The van der Waals surface area contributed by atoms with E-state index >= 15 is 0 Å². The standard InChI is InChI=1S/C22H17N5O3/c23-20(24)12-5-7-13(8-6-12)27-21(28)17-10-19-18(25-11-26-19)9-16(17)14-3-1-2-4-15(14)22(29)30/h1-11H,(H3,23,24)(H,25,26)(H,27,28)(H,29,30). The topological polar surface area (TPSA) is 145 Å². The zero-order chi connectivity index (χ0) is 21.3. The van der Waals surface area contributed by atoms with Gasteiger partial charge in [0.2, 0.25) is 0 Å². The molecule has 0 bridgehead atoms. The number of benzene rings is 3. The van der Waals surface area contributed by atoms with E-state index in [-0.39, 0.29) is 11.4 Å². The molecule has 1 amide bonds. The van der Waals surface area contributed by atoms with Crippen molar-refractivity contribution in [2.45, 2.75) is 0 Å². The summed E-state index contributed by atoms with van der Waals surface area (Å²) in [5.74, 6) is -1.55. The number of carboxylic acid groups (broad SMARTS) is 1. The summed E-state index contributed by atoms with van der Waals surface area (Å²) in [6.45, 7) is 0. The number of nitrogen functional groups attached to an aromatic ring is 1. The Bertz CT molecular complexity index is 1290. The number of amides is 1. The summed E-state index contributed by atoms with van der Waals surface area (Å²) in [5.41, 5.74) is 9.08. The molecule has 0 aliphatic rings. The molecule has 30 heavy (non-hydrogen) atoms. The van der Waals surface area contributed by atoms with Gasteiger partial charge >= 0.3 is 5.97 Å². The maximum atomic E-state index is 13.1. The number of anilines is 1. The minimum Gasteiger partial charge on any atom is -0.478 e. The molecule has 0 saturated carbocycles. The van der Waals surface area contributed by atoms with Gasteiger partial charge in [-0.05, 0) is 53.6 Å². The summed E-state index contributed by atoms with van der Waals surface area (Å²) in [6, 6.07) is 16.4. The molecule has 0 radical (unpaired) electrons. The zero-order valence-electron chi connectivity index (χ0n) is 15.6. The third-order valence-corrected chi connectivity index (χ3v) is 4.71. The fraction of sp³-hybridized carbons (Fsp3) is 0. The second-order valence-corrected chi connectivity index (χ2v) is 6.61. The van der Waals surface area contributed by atoms with E-state index in [1.807, 2.05) is 0 Å². The van der Waals surface area contributed by atoms with Gasteiger partial charge in [-0.15, -0.1) is 0 Å². The van der Waals surface area contributed by atoms with Crippen LogP contribution in [-0.2, 0) is 0 Å². The Morgan fingerprint density at radius 2 is 1.73 bits per heavy atom. The number of imidazole rings is 1. The van der Waals surface area contributed by atoms with Crippen molar-refractivity contribution < 1.29 is 14.7 Å². The van der Waals surface area contributed by atoms with Gasteiger partial charge in [-0.1, -0.05) is 18.2 Å². The van der Waals surface area contributed by atoms with Gasteiger partial charge < -0.3 is 21.1 Å². The molecule has 6 N–H and O–H groups in total. The molecule has 4 aromatic rings. The van der Waals surface area contributed by atoms with Gasteiger partial charge in [-0.3, -0.25) is 10.2 Å². The summed E-state index contributed by atoms with van der Waals surface area (Å²) in [4.78, 5) is 32.0. The minimum absolute atomic E-state index is 0.0647. The Morgan fingerprint density at radius 1 is 1.00 bits per heavy atom. The van der Waals surface area contributed by atoms with Crippen molar-refractivity contribution in [3.63, 3.8) is 0 Å². The molecule has 4 rings (SSSR count). The van der Waals surface area contributed by atoms with Crippen molar-refractivity contribution in [3.05, 3.63) is 83.7 Å². The summed E-state index contributed by atoms with van der Waals surface area (Å²) < 4.78 is 0. The number of rotatable bonds is 5. The lowest BCUT2D eigenvalue weighted by Crippen LogP contribution is -2.15. The summed E-state index contributed by atoms with van der Waals surface area (Å²) in [5, 5.41) is 19.8. The number of H-pyrrole nitrogens is 1. The first kappa shape index (κ1) is 18.9. The normalized spacial score (nSPS) is 10.7. The number of nitrogens with one attached hydrogen (secondary N) is 3. The molecule has 0 atom stereocenters. The van der Waals surface area contributed by atoms with Crippen LogP contribution >= 0.6 is 0 Å². The van der Waals surface area contributed by atoms with Crippen LogP contribution in [0.15, 0.2) is 67.0 Å². The second-order valence-electron chi connectivity index (χ2n) is 6.61. The highest BCUT2D eigenvalue weighted by Gasteiger charge is 2.20. The fourth-order valence-electron chi connectivity index (χ4n) is 3.23. The van der Waals surface area contributed by atoms with E-state index in [0.29, 0.717) is 39.0 Å². The van der Waals surface area contributed by atoms with Gasteiger partial charge in [0.25, 0.3) is 5.91 Å². The number of carboxylic acids is 1. The maximum absolute atomic E-state index is 13.1. The van der Waals surface area contributed by atoms with Gasteiger partial charge in [-0.2, -0.15) is 0 Å². The number of aromatic amines is 1. The highest BCUT2D eigenvalue weighted by molar-refractivity contribution is 6.12. The van der Waals surface area contributed by atoms with Crippen LogP contribution in [0, 0.1) is 5.41 Å². The molecule has 1 aromatic heterocycles. The Kier molecular flexibility index (Phi) is 4.73. The summed E-state index contributed by atoms with van der Waals surface area (Å²) in [7, 11) is 0. The molecule has 3 aromatic carbocycles. The average molecular weight is 399 g/mol. The molecule has 0 unspecified atom stereocenters. The molecule has 1 heterocycles. The first-order valence-corrected chi connectivity index (χ1v) is 8.99. The van der Waals surface area contributed by atoms with Crippen molar-refractivity contribution in [1.29, 1.82) is 5.41 Å². The Labute approximate surface area is 170 Å². The zero-order valence-corrected chi connectivity index (χ0v) is 15.6. The third-order valence-electron chi connectivity index (χ3n) is 4.71. The Morgan fingerprint density at radius 3 is 2.43 bits per heavy atom. The van der Waals surface area contributed by atoms with Crippen LogP contribution in [0.1, 0.15) is 26.3 Å². The highest BCUT2D eigenvalue weighted by atomic mass is 16.4. The number of amidine groups is 1. The molecular weight excluding hydrogens is 382 g/mol. The summed E-state index contributed by atoms with van der Waals surface area (Å²) in [6.07, 6.45) is 1.51. The fourth-order valence-corrected chi connectivity index (χ4v) is 3.23. The van der Waals surface area contributed by atoms with E-state index in [0.717, 1.165) is 0 Å². The summed E-state index contributed by atoms with van der Waals surface area (Å²) >= 11 is 0. The van der Waals surface area contributed by atoms with Crippen LogP contribution in [0.3, 0.4) is 0 Å². The van der Waals surface area contributed by atoms with E-state index in [1.165, 1.54) is 12.4 Å². The molecule has 0 spiro atoms. The van der Waals surface area contributed by atoms with Gasteiger partial charge in [-0.25, -0.2) is 9.78 Å². The first-order valence-electron chi connectivity index (χ1n) is 8.99. The molecular formula is C22H17N5O3. The van der Waals surface area contributed by atoms with Crippen LogP contribution in [0.5, 0.6) is 0 Å². The number of nitrogens with two attached hydrogens (primary N) is 1. The van der Waals surface area contributed by atoms with E-state index < -0.39 is 11.9 Å². The molecule has 148 valence electrons. The van der Waals surface area contributed by atoms with Gasteiger partial charge in [0.05, 0.1) is 22.9 Å². The second kappa shape index (κ2) is 7.51. The van der Waals surface area contributed by atoms with Crippen molar-refractivity contribution in [2.24, 2.45) is 5.73 Å². The van der Waals surface area contributed by atoms with Crippen LogP contribution in [0.2, 0.25) is 0 Å². The monoisotopic (exact) mass is 399 g/mol. The smallest absolute Gasteiger partial charge is 0.336 e. The van der Waals surface area contributed by atoms with Crippen molar-refractivity contribution in [1.82, 2.24) is 9.97 Å². The van der Waals surface area contributed by atoms with Gasteiger partial charge in [0, 0.05) is 16.8 Å². The van der Waals surface area contributed by atoms with Gasteiger partial charge in [0.15, 0.2) is 0 Å². The van der Waals surface area contributed by atoms with Crippen LogP contribution < -0.4 is 11.1 Å². The van der Waals surface area contributed by atoms with E-state index in [9.17, 15) is 14.7 Å². The van der Waals surface area contributed by atoms with Crippen molar-refractivity contribution >= 4 is 34.4 Å². The lowest BCUT2D eigenvalue weighted by Gasteiger charge is -2.13. The molecule has 0 saturated heterocycles. The van der Waals surface area contributed by atoms with Gasteiger partial charge in [0.1, 0.15) is 5.84 Å². The molecule has 0 aliphatic heterocycles. The number of fused-ring (bicyclic) bond motifs is 1. The van der Waals surface area contributed by atoms with Crippen LogP contribution in [0.25, 0.3) is 22.2 Å².